The zero-order valence-electron chi connectivity index (χ0n) is 16.2. The van der Waals surface area contributed by atoms with Crippen molar-refractivity contribution >= 4 is 28.7 Å². The minimum Gasteiger partial charge on any atom is -0.325 e. The largest absolute Gasteiger partial charge is 0.325 e. The Labute approximate surface area is 169 Å². The lowest BCUT2D eigenvalue weighted by atomic mass is 10.2. The fraction of sp³-hybridized carbons (Fsp3) is 0.273. The Morgan fingerprint density at radius 3 is 2.48 bits per heavy atom. The van der Waals surface area contributed by atoms with Crippen LogP contribution in [0.5, 0.6) is 0 Å². The Kier molecular flexibility index (Phi) is 5.88. The smallest absolute Gasteiger partial charge is 0.323 e. The molecule has 1 aliphatic heterocycles. The van der Waals surface area contributed by atoms with Crippen LogP contribution in [0.1, 0.15) is 5.56 Å². The highest BCUT2D eigenvalue weighted by molar-refractivity contribution is 5.94. The average molecular weight is 391 g/mol. The minimum absolute atomic E-state index is 0.0420. The predicted octanol–water partition coefficient (Wildman–Crippen LogP) is 2.13. The molecule has 0 radical (unpaired) electrons. The molecule has 1 saturated heterocycles. The molecule has 2 heterocycles. The molecule has 29 heavy (non-hydrogen) atoms. The first kappa shape index (κ1) is 19.2. The van der Waals surface area contributed by atoms with E-state index in [1.165, 1.54) is 5.56 Å². The Bertz CT molecular complexity index is 1050. The summed E-state index contributed by atoms with van der Waals surface area (Å²) in [5.41, 5.74) is 3.06. The van der Waals surface area contributed by atoms with Crippen LogP contribution in [0, 0.1) is 0 Å². The van der Waals surface area contributed by atoms with Crippen LogP contribution in [0.3, 0.4) is 0 Å². The van der Waals surface area contributed by atoms with Gasteiger partial charge in [-0.2, -0.15) is 0 Å². The summed E-state index contributed by atoms with van der Waals surface area (Å²) >= 11 is 0. The first-order valence-corrected chi connectivity index (χ1v) is 9.84. The molecule has 150 valence electrons. The topological polar surface area (TPSA) is 84.2 Å². The number of rotatable bonds is 6. The van der Waals surface area contributed by atoms with Gasteiger partial charge in [-0.05, 0) is 23.8 Å². The summed E-state index contributed by atoms with van der Waals surface area (Å²) in [7, 11) is 0. The van der Waals surface area contributed by atoms with Crippen LogP contribution in [-0.4, -0.2) is 64.9 Å². The van der Waals surface area contributed by atoms with Crippen LogP contribution in [0.25, 0.3) is 17.1 Å². The number of piperazine rings is 1. The van der Waals surface area contributed by atoms with Crippen LogP contribution >= 0.6 is 0 Å². The summed E-state index contributed by atoms with van der Waals surface area (Å²) in [6, 6.07) is 15.6. The number of aromatic nitrogens is 2. The summed E-state index contributed by atoms with van der Waals surface area (Å²) in [4.78, 5) is 33.7. The van der Waals surface area contributed by atoms with Crippen molar-refractivity contribution in [2.75, 3.05) is 44.6 Å². The molecule has 3 N–H and O–H groups in total. The Morgan fingerprint density at radius 2 is 1.69 bits per heavy atom. The van der Waals surface area contributed by atoms with E-state index in [-0.39, 0.29) is 11.6 Å². The van der Waals surface area contributed by atoms with Gasteiger partial charge in [0.25, 0.3) is 0 Å². The molecule has 0 atom stereocenters. The summed E-state index contributed by atoms with van der Waals surface area (Å²) in [6.07, 6.45) is 4.34. The molecule has 0 unspecified atom stereocenters. The van der Waals surface area contributed by atoms with E-state index in [1.807, 2.05) is 18.2 Å². The van der Waals surface area contributed by atoms with Crippen molar-refractivity contribution in [2.45, 2.75) is 0 Å². The Balaban J connectivity index is 1.22. The second kappa shape index (κ2) is 8.89. The number of hydrogen-bond donors (Lipinski definition) is 3. The fourth-order valence-corrected chi connectivity index (χ4v) is 3.55. The molecule has 1 aromatic heterocycles. The summed E-state index contributed by atoms with van der Waals surface area (Å²) in [6.45, 7) is 4.93. The number of nitrogens with one attached hydrogen (secondary N) is 3. The molecule has 0 spiro atoms. The highest BCUT2D eigenvalue weighted by Gasteiger charge is 2.18. The van der Waals surface area contributed by atoms with E-state index in [0.29, 0.717) is 17.7 Å². The molecular weight excluding hydrogens is 366 g/mol. The van der Waals surface area contributed by atoms with Gasteiger partial charge in [0.15, 0.2) is 0 Å². The molecule has 0 bridgehead atoms. The number of imidazole rings is 1. The third kappa shape index (κ3) is 5.22. The van der Waals surface area contributed by atoms with Gasteiger partial charge in [-0.15, -0.1) is 0 Å². The number of fused-ring (bicyclic) bond motifs is 1. The Hall–Kier alpha value is -3.16. The van der Waals surface area contributed by atoms with Crippen LogP contribution < -0.4 is 11.0 Å². The number of aromatic amines is 2. The van der Waals surface area contributed by atoms with E-state index in [4.69, 9.17) is 0 Å². The van der Waals surface area contributed by atoms with Gasteiger partial charge in [-0.3, -0.25) is 14.6 Å². The zero-order chi connectivity index (χ0) is 20.1. The number of benzene rings is 2. The highest BCUT2D eigenvalue weighted by Crippen LogP contribution is 2.14. The SMILES string of the molecule is O=C(CN1CCN(C/C=C/c2ccccc2)CC1)Nc1ccc2[nH]c(=O)[nH]c2c1. The van der Waals surface area contributed by atoms with Gasteiger partial charge in [-0.1, -0.05) is 42.5 Å². The first-order valence-electron chi connectivity index (χ1n) is 9.84. The molecule has 1 aliphatic rings. The molecule has 4 rings (SSSR count). The molecule has 1 amide bonds. The van der Waals surface area contributed by atoms with E-state index in [1.54, 1.807) is 18.2 Å². The number of carbonyl (C=O) groups excluding carboxylic acids is 1. The van der Waals surface area contributed by atoms with Crippen molar-refractivity contribution < 1.29 is 4.79 Å². The third-order valence-electron chi connectivity index (χ3n) is 5.11. The van der Waals surface area contributed by atoms with Gasteiger partial charge in [0, 0.05) is 38.4 Å². The van der Waals surface area contributed by atoms with Crippen LogP contribution in [-0.2, 0) is 4.79 Å². The lowest BCUT2D eigenvalue weighted by molar-refractivity contribution is -0.117. The quantitative estimate of drug-likeness (QED) is 0.601. The minimum atomic E-state index is -0.250. The number of H-pyrrole nitrogens is 2. The van der Waals surface area contributed by atoms with Crippen molar-refractivity contribution in [1.82, 2.24) is 19.8 Å². The second-order valence-corrected chi connectivity index (χ2v) is 7.28. The molecule has 0 saturated carbocycles. The number of amides is 1. The molecule has 3 aromatic rings. The van der Waals surface area contributed by atoms with Crippen LogP contribution in [0.15, 0.2) is 59.4 Å². The lowest BCUT2D eigenvalue weighted by Crippen LogP contribution is -2.48. The van der Waals surface area contributed by atoms with Gasteiger partial charge < -0.3 is 15.3 Å². The molecule has 1 fully saturated rings. The summed E-state index contributed by atoms with van der Waals surface area (Å²) in [5, 5.41) is 2.91. The number of nitrogens with zero attached hydrogens (tertiary/aromatic N) is 2. The first-order chi connectivity index (χ1) is 14.2. The summed E-state index contributed by atoms with van der Waals surface area (Å²) in [5.74, 6) is -0.0420. The Morgan fingerprint density at radius 1 is 0.966 bits per heavy atom. The van der Waals surface area contributed by atoms with Gasteiger partial charge in [-0.25, -0.2) is 4.79 Å². The maximum Gasteiger partial charge on any atom is 0.323 e. The van der Waals surface area contributed by atoms with Crippen molar-refractivity contribution in [3.63, 3.8) is 0 Å². The highest BCUT2D eigenvalue weighted by atomic mass is 16.2. The third-order valence-corrected chi connectivity index (χ3v) is 5.11. The molecule has 7 nitrogen and oxygen atoms in total. The lowest BCUT2D eigenvalue weighted by Gasteiger charge is -2.33. The van der Waals surface area contributed by atoms with E-state index in [2.05, 4.69) is 49.4 Å². The predicted molar refractivity (Wildman–Crippen MR) is 116 cm³/mol. The maximum atomic E-state index is 12.4. The number of anilines is 1. The maximum absolute atomic E-state index is 12.4. The van der Waals surface area contributed by atoms with Crippen LogP contribution in [0.4, 0.5) is 5.69 Å². The van der Waals surface area contributed by atoms with E-state index in [9.17, 15) is 9.59 Å². The molecule has 2 aromatic carbocycles. The number of hydrogen-bond acceptors (Lipinski definition) is 4. The second-order valence-electron chi connectivity index (χ2n) is 7.28. The molecule has 7 heteroatoms. The molecule has 0 aliphatic carbocycles. The van der Waals surface area contributed by atoms with Crippen molar-refractivity contribution in [3.05, 3.63) is 70.7 Å². The van der Waals surface area contributed by atoms with Crippen molar-refractivity contribution in [2.24, 2.45) is 0 Å². The van der Waals surface area contributed by atoms with Crippen molar-refractivity contribution in [3.8, 4) is 0 Å². The van der Waals surface area contributed by atoms with Crippen molar-refractivity contribution in [1.29, 1.82) is 0 Å². The van der Waals surface area contributed by atoms with Crippen LogP contribution in [0.2, 0.25) is 0 Å². The van der Waals surface area contributed by atoms with Gasteiger partial charge in [0.2, 0.25) is 5.91 Å². The zero-order valence-corrected chi connectivity index (χ0v) is 16.2. The summed E-state index contributed by atoms with van der Waals surface area (Å²) < 4.78 is 0. The van der Waals surface area contributed by atoms with E-state index < -0.39 is 0 Å². The average Bonchev–Trinajstić information content (AvgIpc) is 3.09. The van der Waals surface area contributed by atoms with E-state index in [0.717, 1.165) is 38.2 Å². The van der Waals surface area contributed by atoms with Gasteiger partial charge >= 0.3 is 5.69 Å². The number of carbonyl (C=O) groups is 1. The van der Waals surface area contributed by atoms with Gasteiger partial charge in [0.1, 0.15) is 0 Å². The normalized spacial score (nSPS) is 15.9. The standard InChI is InChI=1S/C22H25N5O2/c28-21(23-18-8-9-19-20(15-18)25-22(29)24-19)16-27-13-11-26(12-14-27)10-4-7-17-5-2-1-3-6-17/h1-9,15H,10-14,16H2,(H,23,28)(H2,24,25,29)/b7-4+. The van der Waals surface area contributed by atoms with Gasteiger partial charge in [0.05, 0.1) is 17.6 Å². The molecular formula is C22H25N5O2. The monoisotopic (exact) mass is 391 g/mol. The fourth-order valence-electron chi connectivity index (χ4n) is 3.55. The van der Waals surface area contributed by atoms with E-state index >= 15 is 0 Å².